The number of imide groups is 1. The molecule has 3 saturated heterocycles. The number of likely N-dealkylation sites (tertiary alicyclic amines) is 1. The zero-order chi connectivity index (χ0) is 37.1. The van der Waals surface area contributed by atoms with E-state index in [-0.39, 0.29) is 46.8 Å². The Kier molecular flexibility index (Phi) is 9.00. The van der Waals surface area contributed by atoms with Gasteiger partial charge in [0, 0.05) is 24.0 Å². The molecule has 0 bridgehead atoms. The van der Waals surface area contributed by atoms with E-state index in [1.807, 2.05) is 30.0 Å². The molecular formula is C34H36FN7O9S. The van der Waals surface area contributed by atoms with Crippen molar-refractivity contribution in [2.75, 3.05) is 35.9 Å². The number of carbonyl (C=O) groups is 4. The molecule has 18 heteroatoms. The largest absolute Gasteiger partial charge is 0.506 e. The lowest BCUT2D eigenvalue weighted by atomic mass is 9.88. The minimum absolute atomic E-state index is 0.0530. The molecule has 1 unspecified atom stereocenters. The van der Waals surface area contributed by atoms with E-state index in [1.165, 1.54) is 22.8 Å². The predicted molar refractivity (Wildman–Crippen MR) is 186 cm³/mol. The van der Waals surface area contributed by atoms with Crippen LogP contribution < -0.4 is 25.4 Å². The predicted octanol–water partition coefficient (Wildman–Crippen LogP) is 1.16. The Morgan fingerprint density at radius 2 is 1.77 bits per heavy atom. The van der Waals surface area contributed by atoms with Crippen molar-refractivity contribution in [3.63, 3.8) is 0 Å². The summed E-state index contributed by atoms with van der Waals surface area (Å²) in [6, 6.07) is 9.32. The van der Waals surface area contributed by atoms with Crippen LogP contribution >= 0.6 is 0 Å². The number of hydrogen-bond acceptors (Lipinski definition) is 10. The van der Waals surface area contributed by atoms with Gasteiger partial charge in [-0.2, -0.15) is 8.42 Å². The molecule has 3 aromatic carbocycles. The number of amides is 4. The Labute approximate surface area is 296 Å². The number of fused-ring (bicyclic) bond motifs is 2. The van der Waals surface area contributed by atoms with Crippen molar-refractivity contribution in [3.8, 4) is 5.75 Å². The number of nitrogens with zero attached hydrogens (tertiary/aromatic N) is 4. The first-order valence-corrected chi connectivity index (χ1v) is 18.3. The maximum Gasteiger partial charge on any atom is 0.329 e. The summed E-state index contributed by atoms with van der Waals surface area (Å²) in [5.74, 6) is -3.91. The summed E-state index contributed by atoms with van der Waals surface area (Å²) >= 11 is 0. The van der Waals surface area contributed by atoms with E-state index in [4.69, 9.17) is 0 Å². The normalized spacial score (nSPS) is 20.3. The van der Waals surface area contributed by atoms with Gasteiger partial charge in [-0.25, -0.2) is 18.2 Å². The van der Waals surface area contributed by atoms with Gasteiger partial charge < -0.3 is 15.5 Å². The fourth-order valence-corrected chi connectivity index (χ4v) is 8.68. The molecule has 0 radical (unpaired) electrons. The van der Waals surface area contributed by atoms with Crippen molar-refractivity contribution in [2.45, 2.75) is 57.2 Å². The van der Waals surface area contributed by atoms with E-state index in [0.717, 1.165) is 11.6 Å². The molecule has 3 aliphatic rings. The number of piperidine rings is 2. The molecule has 2 atom stereocenters. The first-order valence-electron chi connectivity index (χ1n) is 16.8. The van der Waals surface area contributed by atoms with Gasteiger partial charge in [0.25, 0.3) is 5.91 Å². The Bertz CT molecular complexity index is 2330. The van der Waals surface area contributed by atoms with Gasteiger partial charge in [-0.05, 0) is 92.5 Å². The maximum absolute atomic E-state index is 15.5. The second-order valence-electron chi connectivity index (χ2n) is 13.1. The Balaban J connectivity index is 1.04. The molecule has 4 amide bonds. The number of aromatic hydroxyl groups is 1. The third-order valence-electron chi connectivity index (χ3n) is 10.1. The first-order chi connectivity index (χ1) is 24.8. The van der Waals surface area contributed by atoms with Gasteiger partial charge in [-0.15, -0.1) is 0 Å². The van der Waals surface area contributed by atoms with Crippen molar-refractivity contribution in [2.24, 2.45) is 0 Å². The van der Waals surface area contributed by atoms with Crippen LogP contribution in [0.25, 0.3) is 21.8 Å². The highest BCUT2D eigenvalue weighted by atomic mass is 32.2. The molecule has 0 saturated carbocycles. The lowest BCUT2D eigenvalue weighted by Crippen LogP contribution is -2.49. The molecule has 16 nitrogen and oxygen atoms in total. The molecular weight excluding hydrogens is 701 g/mol. The van der Waals surface area contributed by atoms with Crippen molar-refractivity contribution in [3.05, 3.63) is 64.3 Å². The van der Waals surface area contributed by atoms with Crippen LogP contribution in [0.15, 0.2) is 47.3 Å². The number of aryl methyl sites for hydroxylation is 1. The highest BCUT2D eigenvalue weighted by molar-refractivity contribution is 7.92. The van der Waals surface area contributed by atoms with Crippen LogP contribution in [-0.2, 0) is 35.9 Å². The fourth-order valence-electron chi connectivity index (χ4n) is 7.52. The van der Waals surface area contributed by atoms with Crippen LogP contribution in [0.1, 0.15) is 50.1 Å². The topological polar surface area (TPSA) is 212 Å². The number of aliphatic hydroxyl groups is 1. The molecule has 3 aliphatic heterocycles. The smallest absolute Gasteiger partial charge is 0.329 e. The third-order valence-corrected chi connectivity index (χ3v) is 11.5. The molecule has 7 rings (SSSR count). The van der Waals surface area contributed by atoms with Crippen LogP contribution in [-0.4, -0.2) is 88.6 Å². The van der Waals surface area contributed by atoms with E-state index in [2.05, 4.69) is 10.6 Å². The lowest BCUT2D eigenvalue weighted by Gasteiger charge is -2.36. The number of hydrogen-bond donors (Lipinski definition) is 5. The number of nitrogens with one attached hydrogen (secondary N) is 3. The second kappa shape index (κ2) is 13.3. The number of phenolic OH excluding ortho intramolecular Hbond substituents is 1. The SMILES string of the molecule is CCn1c(=O)n(C2CCC(=O)NC2=O)c2ccc(C3CCN([C@H](CO)C(=O)Nc4ccc5c(F)c(N6CC(=O)NS6(=O)=O)c(O)cc5c4)CC3)cc21. The summed E-state index contributed by atoms with van der Waals surface area (Å²) in [4.78, 5) is 64.7. The standard InChI is InChI=1S/C34H36FN7O9S/c1-2-40-25-14-19(3-6-23(25)42(34(40)49)24-7-8-28(45)37-32(24)47)18-9-11-39(12-10-18)26(17-43)33(48)36-21-4-5-22-20(13-21)15-27(44)31(30(22)35)41-16-29(46)38-52(41,50)51/h3-6,13-15,18,24,26,43-44H,2,7-12,16-17H2,1H3,(H,36,48)(H,38,46)(H,37,45,47)/t24?,26-/m1/s1. The highest BCUT2D eigenvalue weighted by Gasteiger charge is 2.38. The summed E-state index contributed by atoms with van der Waals surface area (Å²) in [6.07, 6.45) is 1.71. The van der Waals surface area contributed by atoms with Crippen molar-refractivity contribution < 1.29 is 42.2 Å². The Hall–Kier alpha value is -5.33. The van der Waals surface area contributed by atoms with Gasteiger partial charge in [0.2, 0.25) is 17.7 Å². The maximum atomic E-state index is 15.5. The van der Waals surface area contributed by atoms with Crippen LogP contribution in [0.2, 0.25) is 0 Å². The van der Waals surface area contributed by atoms with Gasteiger partial charge in [-0.1, -0.05) is 6.07 Å². The zero-order valence-corrected chi connectivity index (χ0v) is 28.8. The van der Waals surface area contributed by atoms with Gasteiger partial charge in [0.1, 0.15) is 30.1 Å². The van der Waals surface area contributed by atoms with E-state index in [0.29, 0.717) is 47.8 Å². The lowest BCUT2D eigenvalue weighted by molar-refractivity contribution is -0.135. The summed E-state index contributed by atoms with van der Waals surface area (Å²) in [5.41, 5.74) is 1.57. The molecule has 0 aliphatic carbocycles. The first kappa shape index (κ1) is 35.1. The minimum Gasteiger partial charge on any atom is -0.506 e. The van der Waals surface area contributed by atoms with Crippen LogP contribution in [0.4, 0.5) is 15.8 Å². The molecule has 0 spiro atoms. The minimum atomic E-state index is -4.37. The van der Waals surface area contributed by atoms with E-state index < -0.39 is 70.4 Å². The van der Waals surface area contributed by atoms with Crippen molar-refractivity contribution in [1.82, 2.24) is 24.1 Å². The molecule has 4 heterocycles. The van der Waals surface area contributed by atoms with E-state index in [1.54, 1.807) is 9.29 Å². The second-order valence-corrected chi connectivity index (χ2v) is 14.7. The average Bonchev–Trinajstić information content (AvgIpc) is 3.53. The summed E-state index contributed by atoms with van der Waals surface area (Å²) in [6.45, 7) is 2.04. The van der Waals surface area contributed by atoms with Gasteiger partial charge >= 0.3 is 15.9 Å². The summed E-state index contributed by atoms with van der Waals surface area (Å²) in [5, 5.41) is 26.0. The van der Waals surface area contributed by atoms with Crippen LogP contribution in [0.5, 0.6) is 5.75 Å². The molecule has 52 heavy (non-hydrogen) atoms. The number of imidazole rings is 1. The van der Waals surface area contributed by atoms with Crippen molar-refractivity contribution >= 4 is 67.0 Å². The quantitative estimate of drug-likeness (QED) is 0.163. The number of anilines is 2. The van der Waals surface area contributed by atoms with E-state index >= 15 is 4.39 Å². The third kappa shape index (κ3) is 6.05. The molecule has 1 aromatic heterocycles. The zero-order valence-electron chi connectivity index (χ0n) is 28.0. The van der Waals surface area contributed by atoms with Gasteiger partial charge in [0.05, 0.1) is 17.6 Å². The highest BCUT2D eigenvalue weighted by Crippen LogP contribution is 2.39. The van der Waals surface area contributed by atoms with Gasteiger partial charge in [0.15, 0.2) is 5.82 Å². The summed E-state index contributed by atoms with van der Waals surface area (Å²) in [7, 11) is -4.37. The molecule has 3 fully saturated rings. The Morgan fingerprint density at radius 3 is 2.42 bits per heavy atom. The number of aliphatic hydroxyl groups excluding tert-OH is 1. The van der Waals surface area contributed by atoms with E-state index in [9.17, 15) is 42.6 Å². The Morgan fingerprint density at radius 1 is 1.02 bits per heavy atom. The van der Waals surface area contributed by atoms with Gasteiger partial charge in [-0.3, -0.25) is 38.5 Å². The van der Waals surface area contributed by atoms with Crippen LogP contribution in [0.3, 0.4) is 0 Å². The molecule has 5 N–H and O–H groups in total. The molecule has 274 valence electrons. The average molecular weight is 738 g/mol. The number of halogens is 1. The fraction of sp³-hybridized carbons (Fsp3) is 0.382. The molecule has 4 aromatic rings. The number of aromatic nitrogens is 2. The number of phenols is 1. The number of rotatable bonds is 8. The summed E-state index contributed by atoms with van der Waals surface area (Å²) < 4.78 is 45.3. The number of benzene rings is 3. The monoisotopic (exact) mass is 737 g/mol. The van der Waals surface area contributed by atoms with Crippen LogP contribution in [0, 0.1) is 5.82 Å². The van der Waals surface area contributed by atoms with Crippen molar-refractivity contribution in [1.29, 1.82) is 0 Å². The number of carbonyl (C=O) groups excluding carboxylic acids is 4.